The van der Waals surface area contributed by atoms with Gasteiger partial charge in [-0.2, -0.15) is 0 Å². The van der Waals surface area contributed by atoms with Gasteiger partial charge in [-0.05, 0) is 62.4 Å². The summed E-state index contributed by atoms with van der Waals surface area (Å²) in [7, 11) is 2.01. The van der Waals surface area contributed by atoms with E-state index in [1.165, 1.54) is 23.1 Å². The molecule has 1 aliphatic carbocycles. The average molecular weight is 281 g/mol. The third-order valence-corrected chi connectivity index (χ3v) is 4.36. The van der Waals surface area contributed by atoms with Crippen LogP contribution in [0.4, 0.5) is 0 Å². The second-order valence-corrected chi connectivity index (χ2v) is 5.70. The van der Waals surface area contributed by atoms with Gasteiger partial charge < -0.3 is 5.32 Å². The Hall–Kier alpha value is -1.60. The lowest BCUT2D eigenvalue weighted by atomic mass is 9.82. The zero-order valence-electron chi connectivity index (χ0n) is 13.3. The van der Waals surface area contributed by atoms with Crippen molar-refractivity contribution < 1.29 is 0 Å². The molecule has 0 saturated heterocycles. The van der Waals surface area contributed by atoms with Crippen molar-refractivity contribution in [3.05, 3.63) is 66.3 Å². The van der Waals surface area contributed by atoms with E-state index in [-0.39, 0.29) is 0 Å². The lowest BCUT2D eigenvalue weighted by Gasteiger charge is -2.22. The van der Waals surface area contributed by atoms with E-state index in [4.69, 9.17) is 0 Å². The van der Waals surface area contributed by atoms with Gasteiger partial charge in [-0.15, -0.1) is 6.58 Å². The maximum Gasteiger partial charge on any atom is 0.00835 e. The van der Waals surface area contributed by atoms with Crippen LogP contribution in [0.25, 0.3) is 5.57 Å². The highest BCUT2D eigenvalue weighted by atomic mass is 14.8. The van der Waals surface area contributed by atoms with Crippen molar-refractivity contribution in [3.8, 4) is 0 Å². The van der Waals surface area contributed by atoms with Crippen LogP contribution in [-0.2, 0) is 6.42 Å². The van der Waals surface area contributed by atoms with Gasteiger partial charge in [0.25, 0.3) is 0 Å². The van der Waals surface area contributed by atoms with Gasteiger partial charge in [0.15, 0.2) is 0 Å². The summed E-state index contributed by atoms with van der Waals surface area (Å²) in [6, 6.07) is 8.87. The van der Waals surface area contributed by atoms with Crippen molar-refractivity contribution in [3.63, 3.8) is 0 Å². The summed E-state index contributed by atoms with van der Waals surface area (Å²) in [5.74, 6) is 0.974. The summed E-state index contributed by atoms with van der Waals surface area (Å²) in [4.78, 5) is 0. The van der Waals surface area contributed by atoms with Crippen LogP contribution in [0.3, 0.4) is 0 Å². The molecule has 21 heavy (non-hydrogen) atoms. The van der Waals surface area contributed by atoms with Gasteiger partial charge >= 0.3 is 0 Å². The third kappa shape index (κ3) is 3.74. The molecule has 0 heterocycles. The summed E-state index contributed by atoms with van der Waals surface area (Å²) >= 11 is 0. The average Bonchev–Trinajstić information content (AvgIpc) is 2.66. The van der Waals surface area contributed by atoms with Crippen LogP contribution in [0.5, 0.6) is 0 Å². The fraction of sp³-hybridized carbons (Fsp3) is 0.400. The highest BCUT2D eigenvalue weighted by Gasteiger charge is 2.26. The zero-order chi connectivity index (χ0) is 15.1. The Kier molecular flexibility index (Phi) is 6.01. The number of hydrogen-bond donors (Lipinski definition) is 1. The second kappa shape index (κ2) is 7.99. The fourth-order valence-electron chi connectivity index (χ4n) is 3.27. The minimum Gasteiger partial charge on any atom is -0.319 e. The molecule has 0 fully saturated rings. The predicted molar refractivity (Wildman–Crippen MR) is 93.3 cm³/mol. The second-order valence-electron chi connectivity index (χ2n) is 5.70. The molecule has 0 spiro atoms. The quantitative estimate of drug-likeness (QED) is 0.472. The van der Waals surface area contributed by atoms with Gasteiger partial charge in [0, 0.05) is 5.92 Å². The highest BCUT2D eigenvalue weighted by Crippen LogP contribution is 2.39. The molecule has 1 heteroatoms. The Morgan fingerprint density at radius 1 is 1.33 bits per heavy atom. The summed E-state index contributed by atoms with van der Waals surface area (Å²) in [6.07, 6.45) is 12.5. The minimum atomic E-state index is 0.452. The SMILES string of the molecule is C=CC1CCc2ccccc2/C(=C\CCNC)C1/C=C\C. The topological polar surface area (TPSA) is 12.0 Å². The number of aryl methyl sites for hydroxylation is 1. The standard InChI is InChI=1S/C20H27N/c1-4-9-18-16(5-2)13-14-17-10-6-7-11-19(17)20(18)12-8-15-21-3/h4-7,9-12,16,18,21H,2,8,13-15H2,1,3H3/b9-4-,20-12-. The van der Waals surface area contributed by atoms with Gasteiger partial charge in [-0.25, -0.2) is 0 Å². The van der Waals surface area contributed by atoms with Gasteiger partial charge in [0.2, 0.25) is 0 Å². The molecule has 0 aromatic heterocycles. The minimum absolute atomic E-state index is 0.452. The molecule has 0 aliphatic heterocycles. The van der Waals surface area contributed by atoms with E-state index < -0.39 is 0 Å². The molecule has 2 rings (SSSR count). The molecule has 0 bridgehead atoms. The van der Waals surface area contributed by atoms with Crippen LogP contribution in [0.1, 0.15) is 30.9 Å². The normalized spacial score (nSPS) is 24.0. The zero-order valence-corrected chi connectivity index (χ0v) is 13.3. The van der Waals surface area contributed by atoms with Crippen molar-refractivity contribution >= 4 is 5.57 Å². The van der Waals surface area contributed by atoms with E-state index in [2.05, 4.69) is 67.4 Å². The smallest absolute Gasteiger partial charge is 0.00835 e. The molecule has 1 N–H and O–H groups in total. The molecule has 0 amide bonds. The van der Waals surface area contributed by atoms with Crippen LogP contribution >= 0.6 is 0 Å². The number of allylic oxidation sites excluding steroid dienone is 4. The number of fused-ring (bicyclic) bond motifs is 1. The van der Waals surface area contributed by atoms with Crippen LogP contribution in [0.2, 0.25) is 0 Å². The van der Waals surface area contributed by atoms with Crippen LogP contribution < -0.4 is 5.32 Å². The molecule has 1 nitrogen and oxygen atoms in total. The molecule has 2 unspecified atom stereocenters. The molecule has 2 atom stereocenters. The molecule has 0 radical (unpaired) electrons. The number of rotatable bonds is 5. The van der Waals surface area contributed by atoms with Gasteiger partial charge in [0.1, 0.15) is 0 Å². The maximum absolute atomic E-state index is 4.08. The molecule has 0 saturated carbocycles. The lowest BCUT2D eigenvalue weighted by Crippen LogP contribution is -2.12. The van der Waals surface area contributed by atoms with Crippen molar-refractivity contribution in [1.82, 2.24) is 5.32 Å². The van der Waals surface area contributed by atoms with E-state index in [0.29, 0.717) is 11.8 Å². The van der Waals surface area contributed by atoms with E-state index in [1.807, 2.05) is 7.05 Å². The van der Waals surface area contributed by atoms with Gasteiger partial charge in [-0.1, -0.05) is 48.6 Å². The Labute approximate surface area is 129 Å². The first-order valence-corrected chi connectivity index (χ1v) is 8.00. The Bertz CT molecular complexity index is 524. The molecule has 1 aliphatic rings. The fourth-order valence-corrected chi connectivity index (χ4v) is 3.27. The predicted octanol–water partition coefficient (Wildman–Crippen LogP) is 4.62. The van der Waals surface area contributed by atoms with Gasteiger partial charge in [0.05, 0.1) is 0 Å². The van der Waals surface area contributed by atoms with E-state index in [0.717, 1.165) is 19.4 Å². The first-order chi connectivity index (χ1) is 10.3. The van der Waals surface area contributed by atoms with E-state index in [9.17, 15) is 0 Å². The van der Waals surface area contributed by atoms with E-state index >= 15 is 0 Å². The molecule has 1 aromatic carbocycles. The Balaban J connectivity index is 2.47. The summed E-state index contributed by atoms with van der Waals surface area (Å²) < 4.78 is 0. The van der Waals surface area contributed by atoms with Gasteiger partial charge in [-0.3, -0.25) is 0 Å². The highest BCUT2D eigenvalue weighted by molar-refractivity contribution is 5.72. The first-order valence-electron chi connectivity index (χ1n) is 8.00. The van der Waals surface area contributed by atoms with Crippen LogP contribution in [0, 0.1) is 11.8 Å². The summed E-state index contributed by atoms with van der Waals surface area (Å²) in [5, 5.41) is 3.24. The number of hydrogen-bond acceptors (Lipinski definition) is 1. The Morgan fingerprint density at radius 2 is 2.14 bits per heavy atom. The Morgan fingerprint density at radius 3 is 2.86 bits per heavy atom. The van der Waals surface area contributed by atoms with Crippen molar-refractivity contribution in [2.45, 2.75) is 26.2 Å². The van der Waals surface area contributed by atoms with Crippen LogP contribution in [-0.4, -0.2) is 13.6 Å². The third-order valence-electron chi connectivity index (χ3n) is 4.36. The number of nitrogens with one attached hydrogen (secondary N) is 1. The van der Waals surface area contributed by atoms with Crippen molar-refractivity contribution in [2.75, 3.05) is 13.6 Å². The molecular weight excluding hydrogens is 254 g/mol. The van der Waals surface area contributed by atoms with Crippen molar-refractivity contribution in [1.29, 1.82) is 0 Å². The molecule has 112 valence electrons. The largest absolute Gasteiger partial charge is 0.319 e. The lowest BCUT2D eigenvalue weighted by molar-refractivity contribution is 0.534. The maximum atomic E-state index is 4.08. The summed E-state index contributed by atoms with van der Waals surface area (Å²) in [5.41, 5.74) is 4.38. The van der Waals surface area contributed by atoms with E-state index in [1.54, 1.807) is 0 Å². The summed E-state index contributed by atoms with van der Waals surface area (Å²) in [6.45, 7) is 7.21. The monoisotopic (exact) mass is 281 g/mol. The van der Waals surface area contributed by atoms with Crippen molar-refractivity contribution in [2.24, 2.45) is 11.8 Å². The van der Waals surface area contributed by atoms with Crippen LogP contribution in [0.15, 0.2) is 55.1 Å². The molecular formula is C20H27N. The first kappa shape index (κ1) is 15.8. The molecule has 1 aromatic rings. The number of benzene rings is 1.